The van der Waals surface area contributed by atoms with Crippen LogP contribution in [-0.4, -0.2) is 11.3 Å². The fourth-order valence-corrected chi connectivity index (χ4v) is 2.50. The van der Waals surface area contributed by atoms with E-state index in [1.54, 1.807) is 0 Å². The molecular formula is C14H19NO. The molecule has 0 spiro atoms. The van der Waals surface area contributed by atoms with Crippen LogP contribution in [0.15, 0.2) is 12.3 Å². The second kappa shape index (κ2) is 4.77. The van der Waals surface area contributed by atoms with Crippen LogP contribution >= 0.6 is 0 Å². The third-order valence-corrected chi connectivity index (χ3v) is 3.76. The molecule has 1 fully saturated rings. The van der Waals surface area contributed by atoms with Gasteiger partial charge >= 0.3 is 0 Å². The summed E-state index contributed by atoms with van der Waals surface area (Å²) < 4.78 is 0. The highest BCUT2D eigenvalue weighted by Gasteiger charge is 2.20. The highest BCUT2D eigenvalue weighted by Crippen LogP contribution is 2.35. The van der Waals surface area contributed by atoms with E-state index in [1.165, 1.54) is 31.2 Å². The summed E-state index contributed by atoms with van der Waals surface area (Å²) in [6, 6.07) is 2.02. The van der Waals surface area contributed by atoms with Gasteiger partial charge in [0.15, 0.2) is 6.29 Å². The zero-order chi connectivity index (χ0) is 11.5. The average molecular weight is 217 g/mol. The van der Waals surface area contributed by atoms with Gasteiger partial charge in [0, 0.05) is 17.5 Å². The minimum Gasteiger partial charge on any atom is -0.298 e. The molecule has 2 heteroatoms. The summed E-state index contributed by atoms with van der Waals surface area (Å²) in [4.78, 5) is 15.2. The normalized spacial score (nSPS) is 25.4. The van der Waals surface area contributed by atoms with Crippen molar-refractivity contribution in [2.75, 3.05) is 0 Å². The van der Waals surface area contributed by atoms with E-state index in [0.29, 0.717) is 5.92 Å². The van der Waals surface area contributed by atoms with E-state index in [4.69, 9.17) is 0 Å². The van der Waals surface area contributed by atoms with Crippen molar-refractivity contribution in [1.29, 1.82) is 0 Å². The van der Waals surface area contributed by atoms with Gasteiger partial charge in [-0.15, -0.1) is 0 Å². The molecule has 0 radical (unpaired) electrons. The van der Waals surface area contributed by atoms with Crippen LogP contribution < -0.4 is 0 Å². The van der Waals surface area contributed by atoms with Crippen molar-refractivity contribution in [2.45, 2.75) is 45.4 Å². The van der Waals surface area contributed by atoms with Crippen molar-refractivity contribution in [2.24, 2.45) is 5.92 Å². The van der Waals surface area contributed by atoms with Crippen LogP contribution in [0.2, 0.25) is 0 Å². The minimum atomic E-state index is 0.614. The first-order valence-electron chi connectivity index (χ1n) is 6.12. The fourth-order valence-electron chi connectivity index (χ4n) is 2.50. The monoisotopic (exact) mass is 217 g/mol. The summed E-state index contributed by atoms with van der Waals surface area (Å²) in [6.45, 7) is 4.21. The second-order valence-electron chi connectivity index (χ2n) is 5.02. The minimum absolute atomic E-state index is 0.614. The van der Waals surface area contributed by atoms with E-state index in [9.17, 15) is 4.79 Å². The largest absolute Gasteiger partial charge is 0.298 e. The van der Waals surface area contributed by atoms with E-state index in [2.05, 4.69) is 11.9 Å². The maximum absolute atomic E-state index is 10.9. The molecule has 2 rings (SSSR count). The molecule has 1 heterocycles. The fraction of sp³-hybridized carbons (Fsp3) is 0.571. The Labute approximate surface area is 97.1 Å². The summed E-state index contributed by atoms with van der Waals surface area (Å²) in [6.07, 6.45) is 7.94. The lowest BCUT2D eigenvalue weighted by Gasteiger charge is -2.26. The number of aryl methyl sites for hydroxylation is 1. The summed E-state index contributed by atoms with van der Waals surface area (Å²) >= 11 is 0. The van der Waals surface area contributed by atoms with E-state index in [-0.39, 0.29) is 0 Å². The molecule has 0 amide bonds. The van der Waals surface area contributed by atoms with Gasteiger partial charge in [0.2, 0.25) is 0 Å². The molecule has 1 aromatic rings. The predicted octanol–water partition coefficient (Wildman–Crippen LogP) is 3.50. The van der Waals surface area contributed by atoms with Gasteiger partial charge in [-0.1, -0.05) is 19.8 Å². The van der Waals surface area contributed by atoms with Gasteiger partial charge in [0.05, 0.1) is 0 Å². The van der Waals surface area contributed by atoms with Gasteiger partial charge in [-0.05, 0) is 43.2 Å². The van der Waals surface area contributed by atoms with E-state index < -0.39 is 0 Å². The van der Waals surface area contributed by atoms with Crippen LogP contribution in [0.3, 0.4) is 0 Å². The third-order valence-electron chi connectivity index (χ3n) is 3.76. The number of aromatic nitrogens is 1. The summed E-state index contributed by atoms with van der Waals surface area (Å²) in [7, 11) is 0. The van der Waals surface area contributed by atoms with Gasteiger partial charge < -0.3 is 0 Å². The standard InChI is InChI=1S/C14H19NO/c1-10-3-5-12(6-4-10)13-7-14(9-16)11(2)15-8-13/h7-10,12H,3-6H2,1-2H3. The lowest BCUT2D eigenvalue weighted by atomic mass is 9.79. The number of carbonyl (C=O) groups is 1. The number of aldehydes is 1. The first-order chi connectivity index (χ1) is 7.70. The quantitative estimate of drug-likeness (QED) is 0.710. The van der Waals surface area contributed by atoms with Crippen LogP contribution in [0.1, 0.15) is 60.1 Å². The van der Waals surface area contributed by atoms with Gasteiger partial charge in [-0.25, -0.2) is 0 Å². The van der Waals surface area contributed by atoms with Crippen molar-refractivity contribution in [3.63, 3.8) is 0 Å². The number of pyridine rings is 1. The Morgan fingerprint density at radius 2 is 2.00 bits per heavy atom. The second-order valence-corrected chi connectivity index (χ2v) is 5.02. The van der Waals surface area contributed by atoms with E-state index >= 15 is 0 Å². The van der Waals surface area contributed by atoms with Crippen molar-refractivity contribution in [3.8, 4) is 0 Å². The maximum atomic E-state index is 10.9. The lowest BCUT2D eigenvalue weighted by molar-refractivity contribution is 0.112. The van der Waals surface area contributed by atoms with Crippen LogP contribution in [0.4, 0.5) is 0 Å². The summed E-state index contributed by atoms with van der Waals surface area (Å²) in [5.74, 6) is 1.48. The zero-order valence-electron chi connectivity index (χ0n) is 10.1. The molecule has 1 aliphatic rings. The average Bonchev–Trinajstić information content (AvgIpc) is 2.31. The van der Waals surface area contributed by atoms with Crippen molar-refractivity contribution in [3.05, 3.63) is 29.1 Å². The molecule has 0 aromatic carbocycles. The molecule has 0 aliphatic heterocycles. The number of nitrogens with zero attached hydrogens (tertiary/aromatic N) is 1. The van der Waals surface area contributed by atoms with E-state index in [0.717, 1.165) is 23.5 Å². The van der Waals surface area contributed by atoms with Crippen LogP contribution in [0, 0.1) is 12.8 Å². The maximum Gasteiger partial charge on any atom is 0.151 e. The Kier molecular flexibility index (Phi) is 3.37. The summed E-state index contributed by atoms with van der Waals surface area (Å²) in [5.41, 5.74) is 2.83. The van der Waals surface area contributed by atoms with Gasteiger partial charge in [0.1, 0.15) is 0 Å². The Morgan fingerprint density at radius 1 is 1.31 bits per heavy atom. The van der Waals surface area contributed by atoms with Gasteiger partial charge in [-0.2, -0.15) is 0 Å². The molecule has 0 saturated heterocycles. The Balaban J connectivity index is 2.17. The molecule has 16 heavy (non-hydrogen) atoms. The highest BCUT2D eigenvalue weighted by molar-refractivity contribution is 5.76. The molecular weight excluding hydrogens is 198 g/mol. The smallest absolute Gasteiger partial charge is 0.151 e. The van der Waals surface area contributed by atoms with Crippen LogP contribution in [0.25, 0.3) is 0 Å². The van der Waals surface area contributed by atoms with Gasteiger partial charge in [0.25, 0.3) is 0 Å². The van der Waals surface area contributed by atoms with Crippen LogP contribution in [0.5, 0.6) is 0 Å². The third kappa shape index (κ3) is 2.31. The molecule has 0 unspecified atom stereocenters. The zero-order valence-corrected chi connectivity index (χ0v) is 10.1. The lowest BCUT2D eigenvalue weighted by Crippen LogP contribution is -2.11. The molecule has 1 saturated carbocycles. The molecule has 1 aromatic heterocycles. The van der Waals surface area contributed by atoms with Crippen molar-refractivity contribution < 1.29 is 4.79 Å². The number of hydrogen-bond acceptors (Lipinski definition) is 2. The van der Waals surface area contributed by atoms with Gasteiger partial charge in [-0.3, -0.25) is 9.78 Å². The molecule has 0 N–H and O–H groups in total. The molecule has 1 aliphatic carbocycles. The first-order valence-corrected chi connectivity index (χ1v) is 6.12. The Morgan fingerprint density at radius 3 is 2.62 bits per heavy atom. The number of rotatable bonds is 2. The molecule has 0 bridgehead atoms. The van der Waals surface area contributed by atoms with Crippen molar-refractivity contribution in [1.82, 2.24) is 4.98 Å². The SMILES string of the molecule is Cc1ncc(C2CCC(C)CC2)cc1C=O. The topological polar surface area (TPSA) is 30.0 Å². The first kappa shape index (κ1) is 11.3. The van der Waals surface area contributed by atoms with E-state index in [1.807, 2.05) is 19.2 Å². The summed E-state index contributed by atoms with van der Waals surface area (Å²) in [5, 5.41) is 0. The van der Waals surface area contributed by atoms with Crippen LogP contribution in [-0.2, 0) is 0 Å². The van der Waals surface area contributed by atoms with Crippen molar-refractivity contribution >= 4 is 6.29 Å². The Hall–Kier alpha value is -1.18. The highest BCUT2D eigenvalue weighted by atomic mass is 16.1. The molecule has 2 nitrogen and oxygen atoms in total. The number of hydrogen-bond donors (Lipinski definition) is 0. The molecule has 86 valence electrons. The molecule has 0 atom stereocenters. The Bertz CT molecular complexity index is 378. The predicted molar refractivity (Wildman–Crippen MR) is 64.7 cm³/mol. The number of carbonyl (C=O) groups excluding carboxylic acids is 1.